The summed E-state index contributed by atoms with van der Waals surface area (Å²) >= 11 is 0. The van der Waals surface area contributed by atoms with Crippen LogP contribution in [0.2, 0.25) is 0 Å². The molecule has 16 nitrogen and oxygen atoms in total. The SMILES string of the molecule is CCCCc1c2c(c(CCCC)c3c1OC1(CCC4(CC1)OCC1(COC5(CCN(C(=O)C(F)(F)F)CC5)OC1)CO4)O3)OC1(CCC3(CC1)OCC1(COC4(CCN(C(=O)C(F)(F)F)CC4)OC1)CO3)O2. The van der Waals surface area contributed by atoms with E-state index in [9.17, 15) is 35.9 Å². The van der Waals surface area contributed by atoms with Crippen LogP contribution < -0.4 is 18.9 Å². The lowest BCUT2D eigenvalue weighted by molar-refractivity contribution is -0.382. The van der Waals surface area contributed by atoms with E-state index in [-0.39, 0.29) is 78.3 Å². The highest BCUT2D eigenvalue weighted by Gasteiger charge is 2.61. The van der Waals surface area contributed by atoms with Gasteiger partial charge in [-0.15, -0.1) is 0 Å². The summed E-state index contributed by atoms with van der Waals surface area (Å²) in [7, 11) is 0. The van der Waals surface area contributed by atoms with Gasteiger partial charge in [-0.25, -0.2) is 0 Å². The summed E-state index contributed by atoms with van der Waals surface area (Å²) < 4.78 is 157. The molecule has 0 radical (unpaired) electrons. The monoisotopic (exact) mass is 1030 g/mol. The number of fused-ring (bicyclic) bond motifs is 2. The van der Waals surface area contributed by atoms with Crippen LogP contribution >= 0.6 is 0 Å². The zero-order valence-corrected chi connectivity index (χ0v) is 41.1. The Morgan fingerprint density at radius 2 is 0.639 bits per heavy atom. The molecular formula is C50H66F6N2O14. The Balaban J connectivity index is 0.702. The molecule has 2 aliphatic carbocycles. The highest BCUT2D eigenvalue weighted by molar-refractivity contribution is 5.82. The Kier molecular flexibility index (Phi) is 12.8. The first-order chi connectivity index (χ1) is 34.2. The Morgan fingerprint density at radius 1 is 0.403 bits per heavy atom. The van der Waals surface area contributed by atoms with Crippen LogP contribution in [-0.2, 0) is 60.3 Å². The van der Waals surface area contributed by atoms with E-state index in [2.05, 4.69) is 13.8 Å². The quantitative estimate of drug-likeness (QED) is 0.255. The van der Waals surface area contributed by atoms with Gasteiger partial charge in [-0.05, 0) is 25.7 Å². The normalized spacial score (nSPS) is 27.9. The van der Waals surface area contributed by atoms with Gasteiger partial charge in [-0.1, -0.05) is 26.7 Å². The second kappa shape index (κ2) is 18.1. The van der Waals surface area contributed by atoms with Crippen LogP contribution in [0.25, 0.3) is 0 Å². The summed E-state index contributed by atoms with van der Waals surface area (Å²) in [6, 6.07) is 0. The zero-order chi connectivity index (χ0) is 50.5. The van der Waals surface area contributed by atoms with Crippen LogP contribution in [0.15, 0.2) is 0 Å². The average Bonchev–Trinajstić information content (AvgIpc) is 3.94. The number of hydrogen-bond acceptors (Lipinski definition) is 14. The zero-order valence-electron chi connectivity index (χ0n) is 41.1. The summed E-state index contributed by atoms with van der Waals surface area (Å²) in [6.45, 7) is 6.17. The molecule has 0 N–H and O–H groups in total. The first-order valence-electron chi connectivity index (χ1n) is 26.0. The summed E-state index contributed by atoms with van der Waals surface area (Å²) in [5, 5.41) is 0. The smallest absolute Gasteiger partial charge is 0.448 e. The van der Waals surface area contributed by atoms with Crippen molar-refractivity contribution >= 4 is 11.8 Å². The van der Waals surface area contributed by atoms with Crippen LogP contribution in [0, 0.1) is 10.8 Å². The van der Waals surface area contributed by atoms with E-state index in [0.29, 0.717) is 114 Å². The summed E-state index contributed by atoms with van der Waals surface area (Å²) in [4.78, 5) is 25.2. The second-order valence-electron chi connectivity index (χ2n) is 22.2. The molecule has 22 heteroatoms. The van der Waals surface area contributed by atoms with E-state index in [1.54, 1.807) is 0 Å². The van der Waals surface area contributed by atoms with Crippen LogP contribution in [0.3, 0.4) is 0 Å². The van der Waals surface area contributed by atoms with E-state index < -0.39 is 69.7 Å². The molecule has 0 bridgehead atoms. The average molecular weight is 1030 g/mol. The van der Waals surface area contributed by atoms with Gasteiger partial charge in [-0.3, -0.25) is 9.59 Å². The number of halogens is 6. The predicted octanol–water partition coefficient (Wildman–Crippen LogP) is 7.77. The minimum absolute atomic E-state index is 0.105. The van der Waals surface area contributed by atoms with Crippen molar-refractivity contribution in [2.24, 2.45) is 10.8 Å². The van der Waals surface area contributed by atoms with Crippen molar-refractivity contribution in [3.8, 4) is 23.0 Å². The van der Waals surface area contributed by atoms with Crippen molar-refractivity contribution in [1.82, 2.24) is 9.80 Å². The third kappa shape index (κ3) is 9.20. The number of carbonyl (C=O) groups is 2. The minimum Gasteiger partial charge on any atom is -0.448 e. The van der Waals surface area contributed by atoms with E-state index in [4.69, 9.17) is 56.8 Å². The van der Waals surface area contributed by atoms with Gasteiger partial charge in [0.1, 0.15) is 0 Å². The molecule has 0 unspecified atom stereocenters. The van der Waals surface area contributed by atoms with Crippen LogP contribution in [0.4, 0.5) is 26.3 Å². The van der Waals surface area contributed by atoms with Crippen molar-refractivity contribution < 1.29 is 92.8 Å². The van der Waals surface area contributed by atoms with Crippen molar-refractivity contribution in [2.75, 3.05) is 79.0 Å². The fraction of sp³-hybridized carbons (Fsp3) is 0.840. The number of unbranched alkanes of at least 4 members (excludes halogenated alkanes) is 2. The van der Waals surface area contributed by atoms with E-state index >= 15 is 0 Å². The highest BCUT2D eigenvalue weighted by Crippen LogP contribution is 2.62. The lowest BCUT2D eigenvalue weighted by Crippen LogP contribution is -2.62. The molecule has 2 saturated carbocycles. The first kappa shape index (κ1) is 50.8. The topological polar surface area (TPSA) is 151 Å². The predicted molar refractivity (Wildman–Crippen MR) is 236 cm³/mol. The number of alkyl halides is 6. The van der Waals surface area contributed by atoms with E-state index in [1.165, 1.54) is 0 Å². The minimum atomic E-state index is -4.92. The molecule has 6 saturated heterocycles. The maximum absolute atomic E-state index is 13.0. The maximum Gasteiger partial charge on any atom is 0.471 e. The van der Waals surface area contributed by atoms with E-state index in [0.717, 1.165) is 46.6 Å². The molecule has 10 aliphatic rings. The van der Waals surface area contributed by atoms with Crippen molar-refractivity contribution in [3.05, 3.63) is 11.1 Å². The van der Waals surface area contributed by atoms with Crippen molar-refractivity contribution in [3.63, 3.8) is 0 Å². The lowest BCUT2D eigenvalue weighted by atomic mass is 9.84. The maximum atomic E-state index is 13.0. The van der Waals surface area contributed by atoms with Gasteiger partial charge in [0.05, 0.1) is 63.7 Å². The molecule has 72 heavy (non-hydrogen) atoms. The number of ether oxygens (including phenoxy) is 12. The van der Waals surface area contributed by atoms with Gasteiger partial charge in [0, 0.05) is 114 Å². The molecule has 402 valence electrons. The summed E-state index contributed by atoms with van der Waals surface area (Å²) in [5.41, 5.74) is 0.723. The van der Waals surface area contributed by atoms with Crippen molar-refractivity contribution in [1.29, 1.82) is 0 Å². The summed E-state index contributed by atoms with van der Waals surface area (Å²) in [5.74, 6) is -6.52. The molecular weight excluding hydrogens is 967 g/mol. The van der Waals surface area contributed by atoms with Gasteiger partial charge in [0.2, 0.25) is 0 Å². The van der Waals surface area contributed by atoms with Gasteiger partial charge < -0.3 is 66.6 Å². The molecule has 0 aromatic heterocycles. The Morgan fingerprint density at radius 3 is 0.875 bits per heavy atom. The molecule has 1 aromatic rings. The van der Waals surface area contributed by atoms with Crippen LogP contribution in [0.1, 0.15) is 128 Å². The van der Waals surface area contributed by atoms with Gasteiger partial charge in [0.25, 0.3) is 11.6 Å². The second-order valence-corrected chi connectivity index (χ2v) is 22.2. The Hall–Kier alpha value is -3.38. The van der Waals surface area contributed by atoms with Crippen molar-refractivity contribution in [2.45, 2.75) is 176 Å². The number of carbonyl (C=O) groups excluding carboxylic acids is 2. The molecule has 8 spiro atoms. The highest BCUT2D eigenvalue weighted by atomic mass is 19.4. The fourth-order valence-corrected chi connectivity index (χ4v) is 12.1. The summed E-state index contributed by atoms with van der Waals surface area (Å²) in [6.07, 6.45) is -0.0825. The van der Waals surface area contributed by atoms with Crippen LogP contribution in [0.5, 0.6) is 23.0 Å². The van der Waals surface area contributed by atoms with Gasteiger partial charge in [0.15, 0.2) is 46.1 Å². The fourth-order valence-electron chi connectivity index (χ4n) is 12.1. The molecule has 8 heterocycles. The molecule has 8 aliphatic heterocycles. The molecule has 11 rings (SSSR count). The number of hydrogen-bond donors (Lipinski definition) is 0. The lowest BCUT2D eigenvalue weighted by Gasteiger charge is -2.53. The Labute approximate surface area is 414 Å². The number of likely N-dealkylation sites (tertiary alicyclic amines) is 2. The number of benzene rings is 1. The first-order valence-corrected chi connectivity index (χ1v) is 26.0. The molecule has 8 fully saturated rings. The molecule has 2 amide bonds. The number of amides is 2. The van der Waals surface area contributed by atoms with Crippen LogP contribution in [-0.4, -0.2) is 148 Å². The largest absolute Gasteiger partial charge is 0.471 e. The van der Waals surface area contributed by atoms with Gasteiger partial charge in [-0.2, -0.15) is 26.3 Å². The third-order valence-corrected chi connectivity index (χ3v) is 17.0. The standard InChI is InChI=1S/C50H66F6N2O14/c1-3-5-7-33-35-37(71-47(69-35)13-9-43(10-14-47)61-25-41(26-62-43)29-65-45(66-30-41)17-21-57(22-18-45)39(59)49(51,52)53)34(8-6-4-2)38-36(33)70-48(72-38)15-11-44(12-16-48)63-27-42(28-64-44)31-67-46(68-32-42)19-23-58(24-20-46)40(60)50(54,55)56/h3-32H2,1-2H3. The number of piperidine rings is 2. The van der Waals surface area contributed by atoms with E-state index in [1.807, 2.05) is 0 Å². The molecule has 1 aromatic carbocycles. The molecule has 0 atom stereocenters. The number of rotatable bonds is 6. The van der Waals surface area contributed by atoms with Gasteiger partial charge >= 0.3 is 24.2 Å². The third-order valence-electron chi connectivity index (χ3n) is 17.0. The number of nitrogens with zero attached hydrogens (tertiary/aromatic N) is 2. The Bertz CT molecular complexity index is 1990.